The van der Waals surface area contributed by atoms with Gasteiger partial charge in [0.15, 0.2) is 11.5 Å². The van der Waals surface area contributed by atoms with Crippen molar-refractivity contribution in [1.82, 2.24) is 0 Å². The topological polar surface area (TPSA) is 108 Å². The molecule has 0 heterocycles. The fraction of sp³-hybridized carbons (Fsp3) is 0.200. The summed E-state index contributed by atoms with van der Waals surface area (Å²) in [5, 5.41) is 15.6. The van der Waals surface area contributed by atoms with Crippen LogP contribution in [0.2, 0.25) is 0 Å². The zero-order chi connectivity index (χ0) is 12.0. The molecule has 1 rings (SSSR count). The Morgan fingerprint density at radius 2 is 2.31 bits per heavy atom. The Kier molecular flexibility index (Phi) is 4.14. The van der Waals surface area contributed by atoms with E-state index >= 15 is 0 Å². The first-order chi connectivity index (χ1) is 7.63. The van der Waals surface area contributed by atoms with Crippen molar-refractivity contribution in [3.05, 3.63) is 23.8 Å². The molecule has 0 aromatic heterocycles. The molecule has 0 aliphatic rings. The minimum absolute atomic E-state index is 0.0555. The van der Waals surface area contributed by atoms with E-state index in [2.05, 4.69) is 10.2 Å². The lowest BCUT2D eigenvalue weighted by Gasteiger charge is -2.04. The molecule has 1 aromatic carbocycles. The quantitative estimate of drug-likeness (QED) is 0.282. The molecule has 0 spiro atoms. The first-order valence-corrected chi connectivity index (χ1v) is 4.76. The number of nitrogens with one attached hydrogen (secondary N) is 1. The number of phenols is 1. The van der Waals surface area contributed by atoms with E-state index in [0.717, 1.165) is 5.56 Å². The maximum atomic E-state index is 9.45. The number of aromatic hydroxyl groups is 1. The molecule has 6 N–H and O–H groups in total. The van der Waals surface area contributed by atoms with E-state index in [-0.39, 0.29) is 11.7 Å². The number of nitrogens with zero attached hydrogens (tertiary/aromatic N) is 1. The summed E-state index contributed by atoms with van der Waals surface area (Å²) in [4.78, 5) is 0. The third-order valence-corrected chi connectivity index (χ3v) is 1.71. The molecule has 0 aliphatic heterocycles. The second-order valence-electron chi connectivity index (χ2n) is 2.97. The van der Waals surface area contributed by atoms with E-state index in [9.17, 15) is 5.11 Å². The normalized spacial score (nSPS) is 10.3. The Balaban J connectivity index is 2.86. The van der Waals surface area contributed by atoms with Gasteiger partial charge in [0.1, 0.15) is 0 Å². The first-order valence-electron chi connectivity index (χ1n) is 4.76. The number of phenolic OH excluding ortho intramolecular Hbond substituents is 1. The summed E-state index contributed by atoms with van der Waals surface area (Å²) in [7, 11) is 0. The van der Waals surface area contributed by atoms with Gasteiger partial charge in [-0.1, -0.05) is 0 Å². The van der Waals surface area contributed by atoms with Crippen molar-refractivity contribution < 1.29 is 14.9 Å². The van der Waals surface area contributed by atoms with Gasteiger partial charge in [0.05, 0.1) is 6.61 Å². The highest BCUT2D eigenvalue weighted by Gasteiger charge is 2.03. The molecule has 16 heavy (non-hydrogen) atoms. The van der Waals surface area contributed by atoms with Crippen molar-refractivity contribution in [3.63, 3.8) is 0 Å². The van der Waals surface area contributed by atoms with Crippen LogP contribution in [-0.4, -0.2) is 23.9 Å². The predicted molar refractivity (Wildman–Crippen MR) is 61.2 cm³/mol. The Morgan fingerprint density at radius 3 is 2.94 bits per heavy atom. The van der Waals surface area contributed by atoms with Crippen molar-refractivity contribution in [2.75, 3.05) is 6.61 Å². The van der Waals surface area contributed by atoms with Gasteiger partial charge in [-0.25, -0.2) is 0 Å². The number of guanidine groups is 1. The highest BCUT2D eigenvalue weighted by atomic mass is 16.5. The third kappa shape index (κ3) is 3.49. The Hall–Kier alpha value is -2.24. The molecule has 6 heteroatoms. The summed E-state index contributed by atoms with van der Waals surface area (Å²) in [6.07, 6.45) is 1.58. The fourth-order valence-electron chi connectivity index (χ4n) is 1.07. The van der Waals surface area contributed by atoms with Gasteiger partial charge in [0.2, 0.25) is 6.21 Å². The van der Waals surface area contributed by atoms with E-state index in [1.54, 1.807) is 18.3 Å². The van der Waals surface area contributed by atoms with Crippen LogP contribution in [0.4, 0.5) is 0 Å². The molecular formula is C10H15N4O2+. The molecule has 0 bridgehead atoms. The number of hydrogen-bond donors (Lipinski definition) is 4. The van der Waals surface area contributed by atoms with E-state index in [1.165, 1.54) is 6.07 Å². The fourth-order valence-corrected chi connectivity index (χ4v) is 1.07. The van der Waals surface area contributed by atoms with Crippen molar-refractivity contribution in [1.29, 1.82) is 0 Å². The number of benzene rings is 1. The SMILES string of the molecule is CCOc1cc(/C=[NH+]/N=C(N)N)ccc1O. The second kappa shape index (κ2) is 5.59. The van der Waals surface area contributed by atoms with Crippen LogP contribution in [0, 0.1) is 0 Å². The van der Waals surface area contributed by atoms with Gasteiger partial charge in [-0.15, -0.1) is 5.10 Å². The number of hydrogen-bond acceptors (Lipinski definition) is 3. The Bertz CT molecular complexity index is 411. The van der Waals surface area contributed by atoms with Crippen LogP contribution in [0.5, 0.6) is 11.5 Å². The minimum Gasteiger partial charge on any atom is -0.504 e. The van der Waals surface area contributed by atoms with Crippen LogP contribution in [0.25, 0.3) is 0 Å². The average molecular weight is 223 g/mol. The smallest absolute Gasteiger partial charge is 0.256 e. The zero-order valence-corrected chi connectivity index (χ0v) is 8.97. The average Bonchev–Trinajstić information content (AvgIpc) is 2.22. The molecule has 0 atom stereocenters. The molecule has 0 saturated carbocycles. The van der Waals surface area contributed by atoms with Gasteiger partial charge in [-0.05, 0) is 25.1 Å². The molecule has 0 unspecified atom stereocenters. The van der Waals surface area contributed by atoms with Gasteiger partial charge in [0, 0.05) is 10.7 Å². The molecule has 0 amide bonds. The summed E-state index contributed by atoms with van der Waals surface area (Å²) in [5.74, 6) is 0.462. The summed E-state index contributed by atoms with van der Waals surface area (Å²) >= 11 is 0. The van der Waals surface area contributed by atoms with Crippen molar-refractivity contribution in [2.24, 2.45) is 16.6 Å². The number of rotatable bonds is 4. The number of hydrazone groups is 1. The lowest BCUT2D eigenvalue weighted by Crippen LogP contribution is -2.63. The van der Waals surface area contributed by atoms with E-state index in [4.69, 9.17) is 16.2 Å². The second-order valence-corrected chi connectivity index (χ2v) is 2.97. The van der Waals surface area contributed by atoms with Crippen LogP contribution in [0.3, 0.4) is 0 Å². The lowest BCUT2D eigenvalue weighted by atomic mass is 10.2. The van der Waals surface area contributed by atoms with E-state index in [1.807, 2.05) is 6.92 Å². The molecule has 86 valence electrons. The maximum Gasteiger partial charge on any atom is 0.256 e. The highest BCUT2D eigenvalue weighted by molar-refractivity contribution is 5.77. The standard InChI is InChI=1S/C10H14N4O2/c1-2-16-9-5-7(3-4-8(9)15)6-13-14-10(11)12/h3-6,15H,2H2,1H3,(H4,11,12,14)/p+1/b13-6+. The predicted octanol–water partition coefficient (Wildman–Crippen LogP) is -1.52. The monoisotopic (exact) mass is 223 g/mol. The molecule has 0 fully saturated rings. The first kappa shape index (κ1) is 11.8. The molecule has 0 saturated heterocycles. The van der Waals surface area contributed by atoms with Crippen LogP contribution in [0.15, 0.2) is 23.3 Å². The molecule has 0 aliphatic carbocycles. The number of ether oxygens (including phenoxy) is 1. The van der Waals surface area contributed by atoms with Crippen molar-refractivity contribution in [3.8, 4) is 11.5 Å². The summed E-state index contributed by atoms with van der Waals surface area (Å²) in [6.45, 7) is 2.33. The Labute approximate surface area is 93.2 Å². The van der Waals surface area contributed by atoms with Crippen molar-refractivity contribution >= 4 is 12.2 Å². The van der Waals surface area contributed by atoms with Gasteiger partial charge in [0.25, 0.3) is 5.96 Å². The van der Waals surface area contributed by atoms with Crippen LogP contribution in [-0.2, 0) is 0 Å². The van der Waals surface area contributed by atoms with E-state index < -0.39 is 0 Å². The maximum absolute atomic E-state index is 9.45. The van der Waals surface area contributed by atoms with Crippen LogP contribution < -0.4 is 21.3 Å². The van der Waals surface area contributed by atoms with Crippen molar-refractivity contribution in [2.45, 2.75) is 6.92 Å². The third-order valence-electron chi connectivity index (χ3n) is 1.71. The molecule has 6 nitrogen and oxygen atoms in total. The molecule has 0 radical (unpaired) electrons. The van der Waals surface area contributed by atoms with Crippen LogP contribution in [0.1, 0.15) is 12.5 Å². The zero-order valence-electron chi connectivity index (χ0n) is 8.97. The Morgan fingerprint density at radius 1 is 1.56 bits per heavy atom. The van der Waals surface area contributed by atoms with Gasteiger partial charge in [-0.3, -0.25) is 0 Å². The minimum atomic E-state index is -0.0555. The molecule has 1 aromatic rings. The lowest BCUT2D eigenvalue weighted by molar-refractivity contribution is -0.456. The van der Waals surface area contributed by atoms with Gasteiger partial charge >= 0.3 is 0 Å². The molecular weight excluding hydrogens is 208 g/mol. The highest BCUT2D eigenvalue weighted by Crippen LogP contribution is 2.25. The summed E-state index contributed by atoms with van der Waals surface area (Å²) < 4.78 is 5.22. The summed E-state index contributed by atoms with van der Waals surface area (Å²) in [5.41, 5.74) is 11.1. The van der Waals surface area contributed by atoms with E-state index in [0.29, 0.717) is 12.4 Å². The largest absolute Gasteiger partial charge is 0.504 e. The summed E-state index contributed by atoms with van der Waals surface area (Å²) in [6, 6.07) is 4.91. The van der Waals surface area contributed by atoms with Gasteiger partial charge in [-0.2, -0.15) is 0 Å². The van der Waals surface area contributed by atoms with Gasteiger partial charge < -0.3 is 21.3 Å². The van der Waals surface area contributed by atoms with Crippen LogP contribution >= 0.6 is 0 Å². The number of nitrogens with two attached hydrogens (primary N) is 2.